The lowest BCUT2D eigenvalue weighted by Crippen LogP contribution is -2.35. The molecule has 0 bridgehead atoms. The lowest BCUT2D eigenvalue weighted by atomic mass is 10.1. The van der Waals surface area contributed by atoms with Crippen LogP contribution in [0.15, 0.2) is 22.7 Å². The molecule has 0 N–H and O–H groups in total. The number of benzene rings is 1. The number of hydrogen-bond acceptors (Lipinski definition) is 5. The standard InChI is InChI=1S/C15H17ClN2O3.BrH/c1-18-6-4-11(5-7-18)20-15(19)9-14-12-8-10(16)2-3-13(12)17-21-14;/h2-3,8,11H,4-7,9H2,1H3;1H. The van der Waals surface area contributed by atoms with E-state index >= 15 is 0 Å². The molecule has 2 heterocycles. The Morgan fingerprint density at radius 1 is 1.45 bits per heavy atom. The van der Waals surface area contributed by atoms with Crippen molar-refractivity contribution in [2.24, 2.45) is 0 Å². The van der Waals surface area contributed by atoms with Gasteiger partial charge in [0.15, 0.2) is 5.76 Å². The number of esters is 1. The molecule has 1 fully saturated rings. The van der Waals surface area contributed by atoms with Crippen LogP contribution < -0.4 is 0 Å². The molecule has 0 radical (unpaired) electrons. The van der Waals surface area contributed by atoms with Gasteiger partial charge in [-0.1, -0.05) is 16.8 Å². The van der Waals surface area contributed by atoms with Gasteiger partial charge >= 0.3 is 5.97 Å². The number of piperidine rings is 1. The van der Waals surface area contributed by atoms with Gasteiger partial charge in [0.1, 0.15) is 18.0 Å². The van der Waals surface area contributed by atoms with Crippen molar-refractivity contribution in [3.05, 3.63) is 29.0 Å². The van der Waals surface area contributed by atoms with E-state index in [0.29, 0.717) is 16.3 Å². The first-order chi connectivity index (χ1) is 10.1. The molecule has 0 unspecified atom stereocenters. The van der Waals surface area contributed by atoms with Gasteiger partial charge in [-0.25, -0.2) is 0 Å². The Morgan fingerprint density at radius 3 is 2.91 bits per heavy atom. The van der Waals surface area contributed by atoms with E-state index in [1.165, 1.54) is 0 Å². The number of halogens is 2. The molecule has 1 aliphatic heterocycles. The summed E-state index contributed by atoms with van der Waals surface area (Å²) in [6, 6.07) is 5.27. The molecular formula is C15H18BrClN2O3. The molecule has 0 aliphatic carbocycles. The van der Waals surface area contributed by atoms with Crippen LogP contribution in [0.5, 0.6) is 0 Å². The van der Waals surface area contributed by atoms with E-state index in [0.717, 1.165) is 31.3 Å². The Hall–Kier alpha value is -1.11. The molecule has 1 saturated heterocycles. The van der Waals surface area contributed by atoms with E-state index in [1.54, 1.807) is 18.2 Å². The maximum absolute atomic E-state index is 12.0. The number of likely N-dealkylation sites (tertiary alicyclic amines) is 1. The normalized spacial score (nSPS) is 16.5. The van der Waals surface area contributed by atoms with Crippen molar-refractivity contribution in [3.8, 4) is 0 Å². The molecule has 3 rings (SSSR count). The number of ether oxygens (including phenoxy) is 1. The third-order valence-corrected chi connectivity index (χ3v) is 4.02. The summed E-state index contributed by atoms with van der Waals surface area (Å²) in [6.07, 6.45) is 1.85. The van der Waals surface area contributed by atoms with Crippen LogP contribution in [-0.2, 0) is 16.0 Å². The largest absolute Gasteiger partial charge is 0.462 e. The predicted molar refractivity (Wildman–Crippen MR) is 89.7 cm³/mol. The number of aromatic nitrogens is 1. The molecule has 0 saturated carbocycles. The van der Waals surface area contributed by atoms with Crippen LogP contribution in [0.4, 0.5) is 0 Å². The smallest absolute Gasteiger partial charge is 0.313 e. The Bertz CT molecular complexity index is 653. The summed E-state index contributed by atoms with van der Waals surface area (Å²) in [4.78, 5) is 14.3. The molecule has 1 aliphatic rings. The third kappa shape index (κ3) is 4.00. The monoisotopic (exact) mass is 388 g/mol. The molecule has 2 aromatic rings. The Kier molecular flexibility index (Phi) is 5.83. The van der Waals surface area contributed by atoms with Gasteiger partial charge in [0.05, 0.1) is 0 Å². The lowest BCUT2D eigenvalue weighted by Gasteiger charge is -2.28. The topological polar surface area (TPSA) is 55.6 Å². The van der Waals surface area contributed by atoms with Gasteiger partial charge in [-0.15, -0.1) is 17.0 Å². The van der Waals surface area contributed by atoms with Crippen LogP contribution in [0.3, 0.4) is 0 Å². The Balaban J connectivity index is 0.00000176. The third-order valence-electron chi connectivity index (χ3n) is 3.78. The molecule has 0 amide bonds. The number of rotatable bonds is 3. The second-order valence-electron chi connectivity index (χ2n) is 5.44. The van der Waals surface area contributed by atoms with Crippen LogP contribution in [0.25, 0.3) is 10.9 Å². The summed E-state index contributed by atoms with van der Waals surface area (Å²) in [6.45, 7) is 1.91. The van der Waals surface area contributed by atoms with Crippen molar-refractivity contribution < 1.29 is 14.1 Å². The van der Waals surface area contributed by atoms with Crippen LogP contribution in [0, 0.1) is 0 Å². The van der Waals surface area contributed by atoms with Gasteiger partial charge in [0, 0.05) is 23.5 Å². The number of nitrogens with zero attached hydrogens (tertiary/aromatic N) is 2. The van der Waals surface area contributed by atoms with Gasteiger partial charge in [0.2, 0.25) is 0 Å². The number of fused-ring (bicyclic) bond motifs is 1. The average Bonchev–Trinajstić information content (AvgIpc) is 2.84. The molecular weight excluding hydrogens is 372 g/mol. The number of hydrogen-bond donors (Lipinski definition) is 0. The maximum Gasteiger partial charge on any atom is 0.313 e. The van der Waals surface area contributed by atoms with Crippen molar-refractivity contribution in [1.29, 1.82) is 0 Å². The molecule has 1 aromatic heterocycles. The van der Waals surface area contributed by atoms with Crippen molar-refractivity contribution in [1.82, 2.24) is 10.1 Å². The summed E-state index contributed by atoms with van der Waals surface area (Å²) in [7, 11) is 2.07. The summed E-state index contributed by atoms with van der Waals surface area (Å²) in [5.41, 5.74) is 0.696. The second-order valence-corrected chi connectivity index (χ2v) is 5.87. The van der Waals surface area contributed by atoms with Crippen LogP contribution in [0.1, 0.15) is 18.6 Å². The average molecular weight is 390 g/mol. The summed E-state index contributed by atoms with van der Waals surface area (Å²) in [5, 5.41) is 5.28. The minimum Gasteiger partial charge on any atom is -0.462 e. The zero-order valence-corrected chi connectivity index (χ0v) is 14.7. The fourth-order valence-electron chi connectivity index (χ4n) is 2.55. The fourth-order valence-corrected chi connectivity index (χ4v) is 2.73. The van der Waals surface area contributed by atoms with Crippen LogP contribution in [0.2, 0.25) is 5.02 Å². The highest BCUT2D eigenvalue weighted by Crippen LogP contribution is 2.23. The summed E-state index contributed by atoms with van der Waals surface area (Å²) < 4.78 is 10.7. The highest BCUT2D eigenvalue weighted by atomic mass is 79.9. The Labute approximate surface area is 144 Å². The minimum atomic E-state index is -0.275. The van der Waals surface area contributed by atoms with E-state index in [1.807, 2.05) is 0 Å². The maximum atomic E-state index is 12.0. The van der Waals surface area contributed by atoms with Gasteiger partial charge in [-0.2, -0.15) is 0 Å². The number of carbonyl (C=O) groups is 1. The molecule has 120 valence electrons. The first-order valence-corrected chi connectivity index (χ1v) is 7.41. The van der Waals surface area contributed by atoms with Gasteiger partial charge in [-0.3, -0.25) is 4.79 Å². The molecule has 5 nitrogen and oxygen atoms in total. The second kappa shape index (κ2) is 7.44. The van der Waals surface area contributed by atoms with Crippen molar-refractivity contribution in [2.45, 2.75) is 25.4 Å². The van der Waals surface area contributed by atoms with Crippen molar-refractivity contribution >= 4 is 45.5 Å². The van der Waals surface area contributed by atoms with Crippen LogP contribution >= 0.6 is 28.6 Å². The summed E-state index contributed by atoms with van der Waals surface area (Å²) >= 11 is 5.96. The predicted octanol–water partition coefficient (Wildman–Crippen LogP) is 3.24. The summed E-state index contributed by atoms with van der Waals surface area (Å²) in [5.74, 6) is 0.230. The molecule has 7 heteroatoms. The van der Waals surface area contributed by atoms with Crippen molar-refractivity contribution in [3.63, 3.8) is 0 Å². The van der Waals surface area contributed by atoms with Crippen molar-refractivity contribution in [2.75, 3.05) is 20.1 Å². The first-order valence-electron chi connectivity index (χ1n) is 7.03. The van der Waals surface area contributed by atoms with Gasteiger partial charge in [0.25, 0.3) is 0 Å². The van der Waals surface area contributed by atoms with E-state index < -0.39 is 0 Å². The van der Waals surface area contributed by atoms with E-state index in [9.17, 15) is 4.79 Å². The SMILES string of the molecule is Br.CN1CCC(OC(=O)Cc2onc3ccc(Cl)cc23)CC1. The first kappa shape index (κ1) is 17.2. The van der Waals surface area contributed by atoms with E-state index in [4.69, 9.17) is 20.9 Å². The molecule has 0 atom stereocenters. The van der Waals surface area contributed by atoms with Gasteiger partial charge in [-0.05, 0) is 38.1 Å². The molecule has 22 heavy (non-hydrogen) atoms. The fraction of sp³-hybridized carbons (Fsp3) is 0.467. The molecule has 1 aromatic carbocycles. The van der Waals surface area contributed by atoms with E-state index in [2.05, 4.69) is 17.1 Å². The minimum absolute atomic E-state index is 0. The van der Waals surface area contributed by atoms with Gasteiger partial charge < -0.3 is 14.2 Å². The lowest BCUT2D eigenvalue weighted by molar-refractivity contribution is -0.150. The molecule has 0 spiro atoms. The highest BCUT2D eigenvalue weighted by molar-refractivity contribution is 8.93. The quantitative estimate of drug-likeness (QED) is 0.754. The number of carbonyl (C=O) groups excluding carboxylic acids is 1. The highest BCUT2D eigenvalue weighted by Gasteiger charge is 2.22. The Morgan fingerprint density at radius 2 is 2.18 bits per heavy atom. The van der Waals surface area contributed by atoms with Crippen LogP contribution in [-0.4, -0.2) is 42.3 Å². The zero-order chi connectivity index (χ0) is 14.8. The van der Waals surface area contributed by atoms with E-state index in [-0.39, 0.29) is 35.5 Å². The zero-order valence-electron chi connectivity index (χ0n) is 12.3.